The topological polar surface area (TPSA) is 66.8 Å². The summed E-state index contributed by atoms with van der Waals surface area (Å²) in [6.45, 7) is 2.52. The summed E-state index contributed by atoms with van der Waals surface area (Å²) < 4.78 is 34.8. The van der Waals surface area contributed by atoms with Crippen molar-refractivity contribution in [2.75, 3.05) is 6.61 Å². The van der Waals surface area contributed by atoms with Crippen LogP contribution in [0.3, 0.4) is 0 Å². The van der Waals surface area contributed by atoms with E-state index in [0.717, 1.165) is 32.1 Å². The smallest absolute Gasteiger partial charge is 0.303 e. The lowest BCUT2D eigenvalue weighted by Crippen LogP contribution is -2.25. The van der Waals surface area contributed by atoms with Crippen LogP contribution >= 0.6 is 0 Å². The van der Waals surface area contributed by atoms with Crippen LogP contribution in [0.25, 0.3) is 0 Å². The fourth-order valence-corrected chi connectivity index (χ4v) is 4.42. The molecule has 0 aromatic rings. The molecule has 2 N–H and O–H groups in total. The molecule has 6 heteroatoms. The van der Waals surface area contributed by atoms with E-state index in [1.807, 2.05) is 0 Å². The molecule has 0 bridgehead atoms. The highest BCUT2D eigenvalue weighted by atomic mass is 19.3. The SMILES string of the molecule is CCCCC[C@@H](O)/C=C/[C@@H]1[C@H]2CC[C@H](CCCC(=O)O)CO[C@H]2CC1(F)F. The monoisotopic (exact) mass is 388 g/mol. The normalized spacial score (nSPS) is 31.6. The molecule has 0 aromatic carbocycles. The molecule has 4 nitrogen and oxygen atoms in total. The summed E-state index contributed by atoms with van der Waals surface area (Å²) in [7, 11) is 0. The molecule has 1 aliphatic carbocycles. The van der Waals surface area contributed by atoms with Crippen molar-refractivity contribution in [1.29, 1.82) is 0 Å². The number of hydrogen-bond donors (Lipinski definition) is 2. The van der Waals surface area contributed by atoms with Gasteiger partial charge in [0.25, 0.3) is 5.92 Å². The van der Waals surface area contributed by atoms with E-state index in [-0.39, 0.29) is 24.7 Å². The average molecular weight is 388 g/mol. The summed E-state index contributed by atoms with van der Waals surface area (Å²) in [4.78, 5) is 10.7. The second-order valence-corrected chi connectivity index (χ2v) is 8.20. The van der Waals surface area contributed by atoms with Gasteiger partial charge in [0.1, 0.15) is 0 Å². The van der Waals surface area contributed by atoms with Crippen molar-refractivity contribution in [2.45, 2.75) is 89.3 Å². The third kappa shape index (κ3) is 6.83. The lowest BCUT2D eigenvalue weighted by molar-refractivity contribution is -0.137. The number of aliphatic carboxylic acids is 1. The minimum absolute atomic E-state index is 0.142. The van der Waals surface area contributed by atoms with Crippen LogP contribution in [0.1, 0.15) is 71.1 Å². The molecule has 27 heavy (non-hydrogen) atoms. The van der Waals surface area contributed by atoms with E-state index in [2.05, 4.69) is 6.92 Å². The fraction of sp³-hybridized carbons (Fsp3) is 0.857. The van der Waals surface area contributed by atoms with E-state index in [1.54, 1.807) is 6.08 Å². The maximum absolute atomic E-state index is 14.5. The van der Waals surface area contributed by atoms with E-state index < -0.39 is 30.0 Å². The van der Waals surface area contributed by atoms with Crippen molar-refractivity contribution in [3.8, 4) is 0 Å². The number of fused-ring (bicyclic) bond motifs is 1. The Labute approximate surface area is 161 Å². The summed E-state index contributed by atoms with van der Waals surface area (Å²) in [6, 6.07) is 0. The standard InChI is InChI=1S/C21H34F2O4/c1-2-3-4-7-16(24)10-12-18-17-11-9-15(6-5-8-20(25)26)14-27-19(17)13-21(18,22)23/h10,12,15-19,24H,2-9,11,13-14H2,1H3,(H,25,26)/b12-10+/t15-,16+,17+,18+,19-/m0/s1. The van der Waals surface area contributed by atoms with E-state index in [4.69, 9.17) is 9.84 Å². The summed E-state index contributed by atoms with van der Waals surface area (Å²) in [5, 5.41) is 18.8. The molecular formula is C21H34F2O4. The Hall–Kier alpha value is -1.01. The lowest BCUT2D eigenvalue weighted by Gasteiger charge is -2.22. The summed E-state index contributed by atoms with van der Waals surface area (Å²) in [5.74, 6) is -4.48. The molecule has 0 aromatic heterocycles. The van der Waals surface area contributed by atoms with Crippen LogP contribution in [0.2, 0.25) is 0 Å². The molecule has 0 amide bonds. The number of aliphatic hydroxyl groups is 1. The van der Waals surface area contributed by atoms with Crippen LogP contribution in [0, 0.1) is 17.8 Å². The van der Waals surface area contributed by atoms with Gasteiger partial charge in [-0.1, -0.05) is 38.3 Å². The lowest BCUT2D eigenvalue weighted by atomic mass is 9.86. The molecule has 1 saturated heterocycles. The molecule has 2 fully saturated rings. The highest BCUT2D eigenvalue weighted by Crippen LogP contribution is 2.50. The molecule has 0 radical (unpaired) electrons. The average Bonchev–Trinajstić information content (AvgIpc) is 2.71. The molecule has 0 unspecified atom stereocenters. The molecule has 1 aliphatic heterocycles. The first-order chi connectivity index (χ1) is 12.8. The fourth-order valence-electron chi connectivity index (χ4n) is 4.42. The van der Waals surface area contributed by atoms with Gasteiger partial charge < -0.3 is 14.9 Å². The number of alkyl halides is 2. The second kappa shape index (κ2) is 10.5. The molecule has 1 saturated carbocycles. The number of carbonyl (C=O) groups is 1. The molecule has 5 atom stereocenters. The number of rotatable bonds is 10. The van der Waals surface area contributed by atoms with Crippen molar-refractivity contribution >= 4 is 5.97 Å². The predicted molar refractivity (Wildman–Crippen MR) is 99.8 cm³/mol. The number of unbranched alkanes of at least 4 members (excludes halogenated alkanes) is 2. The maximum Gasteiger partial charge on any atom is 0.303 e. The molecule has 0 spiro atoms. The quantitative estimate of drug-likeness (QED) is 0.416. The van der Waals surface area contributed by atoms with Crippen molar-refractivity contribution in [3.05, 3.63) is 12.2 Å². The second-order valence-electron chi connectivity index (χ2n) is 8.20. The van der Waals surface area contributed by atoms with Crippen LogP contribution in [-0.2, 0) is 9.53 Å². The number of allylic oxidation sites excluding steroid dienone is 1. The number of carboxylic acid groups (broad SMARTS) is 1. The van der Waals surface area contributed by atoms with Gasteiger partial charge in [-0.3, -0.25) is 4.79 Å². The van der Waals surface area contributed by atoms with Gasteiger partial charge in [0.15, 0.2) is 0 Å². The Bertz CT molecular complexity index is 495. The Morgan fingerprint density at radius 3 is 2.78 bits per heavy atom. The summed E-state index contributed by atoms with van der Waals surface area (Å²) in [5.41, 5.74) is 0. The van der Waals surface area contributed by atoms with Crippen LogP contribution in [0.4, 0.5) is 8.78 Å². The molecule has 2 aliphatic rings. The largest absolute Gasteiger partial charge is 0.481 e. The highest BCUT2D eigenvalue weighted by molar-refractivity contribution is 5.66. The van der Waals surface area contributed by atoms with Crippen molar-refractivity contribution in [2.24, 2.45) is 17.8 Å². The number of ether oxygens (including phenoxy) is 1. The molecule has 1 heterocycles. The van der Waals surface area contributed by atoms with Crippen LogP contribution in [0.5, 0.6) is 0 Å². The van der Waals surface area contributed by atoms with Gasteiger partial charge in [-0.15, -0.1) is 0 Å². The first-order valence-electron chi connectivity index (χ1n) is 10.4. The van der Waals surface area contributed by atoms with Gasteiger partial charge in [0, 0.05) is 25.4 Å². The van der Waals surface area contributed by atoms with E-state index in [0.29, 0.717) is 25.9 Å². The number of hydrogen-bond acceptors (Lipinski definition) is 3. The molecular weight excluding hydrogens is 354 g/mol. The zero-order valence-electron chi connectivity index (χ0n) is 16.3. The third-order valence-electron chi connectivity index (χ3n) is 6.00. The van der Waals surface area contributed by atoms with E-state index in [1.165, 1.54) is 6.08 Å². The maximum atomic E-state index is 14.5. The van der Waals surface area contributed by atoms with Crippen molar-refractivity contribution in [1.82, 2.24) is 0 Å². The number of carboxylic acids is 1. The first kappa shape index (κ1) is 22.3. The first-order valence-corrected chi connectivity index (χ1v) is 10.4. The Morgan fingerprint density at radius 1 is 1.30 bits per heavy atom. The van der Waals surface area contributed by atoms with Gasteiger partial charge in [-0.25, -0.2) is 8.78 Å². The third-order valence-corrected chi connectivity index (χ3v) is 6.00. The Kier molecular flexibility index (Phi) is 8.67. The van der Waals surface area contributed by atoms with Gasteiger partial charge in [-0.2, -0.15) is 0 Å². The number of aliphatic hydroxyl groups excluding tert-OH is 1. The van der Waals surface area contributed by atoms with Gasteiger partial charge in [0.05, 0.1) is 12.2 Å². The molecule has 2 rings (SSSR count). The zero-order chi connectivity index (χ0) is 19.9. The predicted octanol–water partition coefficient (Wildman–Crippen LogP) is 4.81. The summed E-state index contributed by atoms with van der Waals surface area (Å²) >= 11 is 0. The minimum Gasteiger partial charge on any atom is -0.481 e. The van der Waals surface area contributed by atoms with E-state index >= 15 is 0 Å². The summed E-state index contributed by atoms with van der Waals surface area (Å²) in [6.07, 6.45) is 8.26. The Balaban J connectivity index is 1.91. The van der Waals surface area contributed by atoms with Crippen molar-refractivity contribution < 1.29 is 28.5 Å². The van der Waals surface area contributed by atoms with Gasteiger partial charge >= 0.3 is 5.97 Å². The van der Waals surface area contributed by atoms with Crippen molar-refractivity contribution in [3.63, 3.8) is 0 Å². The number of halogens is 2. The highest BCUT2D eigenvalue weighted by Gasteiger charge is 2.55. The van der Waals surface area contributed by atoms with Gasteiger partial charge in [0.2, 0.25) is 0 Å². The minimum atomic E-state index is -2.80. The Morgan fingerprint density at radius 2 is 2.07 bits per heavy atom. The molecule has 156 valence electrons. The van der Waals surface area contributed by atoms with Gasteiger partial charge in [-0.05, 0) is 43.9 Å². The van der Waals surface area contributed by atoms with Crippen LogP contribution in [0.15, 0.2) is 12.2 Å². The van der Waals surface area contributed by atoms with Crippen LogP contribution in [-0.4, -0.2) is 40.9 Å². The van der Waals surface area contributed by atoms with Crippen LogP contribution < -0.4 is 0 Å². The van der Waals surface area contributed by atoms with E-state index in [9.17, 15) is 18.7 Å². The zero-order valence-corrected chi connectivity index (χ0v) is 16.3.